The Bertz CT molecular complexity index is 360. The van der Waals surface area contributed by atoms with Crippen molar-refractivity contribution in [2.45, 2.75) is 44.2 Å². The predicted octanol–water partition coefficient (Wildman–Crippen LogP) is 3.60. The Labute approximate surface area is 116 Å². The number of rotatable bonds is 4. The van der Waals surface area contributed by atoms with Crippen LogP contribution in [0, 0.1) is 0 Å². The summed E-state index contributed by atoms with van der Waals surface area (Å²) < 4.78 is 7.21. The first-order chi connectivity index (χ1) is 8.14. The maximum Gasteiger partial charge on any atom is 0.0810 e. The molecule has 17 heavy (non-hydrogen) atoms. The molecule has 2 unspecified atom stereocenters. The summed E-state index contributed by atoms with van der Waals surface area (Å²) in [5, 5.41) is 5.58. The first kappa shape index (κ1) is 13.5. The molecule has 4 heteroatoms. The Morgan fingerprint density at radius 3 is 2.94 bits per heavy atom. The van der Waals surface area contributed by atoms with Gasteiger partial charge >= 0.3 is 0 Å². The molecular formula is C13H20BrNOS. The molecule has 1 fully saturated rings. The molecule has 0 radical (unpaired) electrons. The molecule has 0 amide bonds. The lowest BCUT2D eigenvalue weighted by Gasteiger charge is -2.40. The highest BCUT2D eigenvalue weighted by Crippen LogP contribution is 2.31. The third kappa shape index (κ3) is 3.31. The highest BCUT2D eigenvalue weighted by atomic mass is 79.9. The molecule has 1 aromatic rings. The summed E-state index contributed by atoms with van der Waals surface area (Å²) in [6.07, 6.45) is 4.69. The van der Waals surface area contributed by atoms with Gasteiger partial charge in [-0.25, -0.2) is 0 Å². The van der Waals surface area contributed by atoms with Gasteiger partial charge in [0.2, 0.25) is 0 Å². The minimum atomic E-state index is -0.0105. The highest BCUT2D eigenvalue weighted by Gasteiger charge is 2.36. The third-order valence-corrected chi connectivity index (χ3v) is 5.33. The Kier molecular flexibility index (Phi) is 4.64. The molecule has 96 valence electrons. The minimum Gasteiger partial charge on any atom is -0.374 e. The quantitative estimate of drug-likeness (QED) is 0.916. The van der Waals surface area contributed by atoms with Gasteiger partial charge in [-0.3, -0.25) is 0 Å². The van der Waals surface area contributed by atoms with Crippen molar-refractivity contribution in [3.8, 4) is 0 Å². The first-order valence-corrected chi connectivity index (χ1v) is 7.85. The van der Waals surface area contributed by atoms with Crippen LogP contribution in [0.15, 0.2) is 15.9 Å². The van der Waals surface area contributed by atoms with Gasteiger partial charge < -0.3 is 10.1 Å². The van der Waals surface area contributed by atoms with E-state index in [9.17, 15) is 0 Å². The summed E-state index contributed by atoms with van der Waals surface area (Å²) in [7, 11) is 2.04. The van der Waals surface area contributed by atoms with Crippen LogP contribution in [0.4, 0.5) is 0 Å². The summed E-state index contributed by atoms with van der Waals surface area (Å²) >= 11 is 5.33. The molecule has 0 spiro atoms. The summed E-state index contributed by atoms with van der Waals surface area (Å²) in [5.74, 6) is 0. The molecule has 2 rings (SSSR count). The van der Waals surface area contributed by atoms with Gasteiger partial charge in [0.25, 0.3) is 0 Å². The zero-order chi connectivity index (χ0) is 12.3. The van der Waals surface area contributed by atoms with Crippen LogP contribution in [0.1, 0.15) is 31.1 Å². The summed E-state index contributed by atoms with van der Waals surface area (Å²) in [4.78, 5) is 1.41. The minimum absolute atomic E-state index is 0.0105. The normalized spacial score (nSPS) is 27.0. The Hall–Kier alpha value is 0.1000. The van der Waals surface area contributed by atoms with Crippen LogP contribution in [-0.2, 0) is 11.2 Å². The van der Waals surface area contributed by atoms with Crippen LogP contribution in [0.2, 0.25) is 0 Å². The molecule has 0 bridgehead atoms. The van der Waals surface area contributed by atoms with E-state index in [0.29, 0.717) is 6.04 Å². The molecule has 2 atom stereocenters. The molecule has 0 aliphatic carbocycles. The van der Waals surface area contributed by atoms with Crippen molar-refractivity contribution in [2.24, 2.45) is 0 Å². The van der Waals surface area contributed by atoms with Gasteiger partial charge in [0.1, 0.15) is 0 Å². The van der Waals surface area contributed by atoms with E-state index in [-0.39, 0.29) is 5.60 Å². The monoisotopic (exact) mass is 317 g/mol. The highest BCUT2D eigenvalue weighted by molar-refractivity contribution is 9.10. The summed E-state index contributed by atoms with van der Waals surface area (Å²) in [5.41, 5.74) is -0.0105. The Morgan fingerprint density at radius 2 is 2.41 bits per heavy atom. The number of halogens is 1. The van der Waals surface area contributed by atoms with Crippen molar-refractivity contribution in [3.63, 3.8) is 0 Å². The number of hydrogen-bond donors (Lipinski definition) is 1. The smallest absolute Gasteiger partial charge is 0.0810 e. The molecule has 1 saturated heterocycles. The Balaban J connectivity index is 2.05. The van der Waals surface area contributed by atoms with Crippen LogP contribution < -0.4 is 5.32 Å². The Morgan fingerprint density at radius 1 is 1.59 bits per heavy atom. The molecule has 2 nitrogen and oxygen atoms in total. The fraction of sp³-hybridized carbons (Fsp3) is 0.692. The summed E-state index contributed by atoms with van der Waals surface area (Å²) in [6, 6.07) is 2.61. The topological polar surface area (TPSA) is 21.3 Å². The lowest BCUT2D eigenvalue weighted by atomic mass is 9.86. The average molecular weight is 318 g/mol. The molecule has 0 aromatic carbocycles. The predicted molar refractivity (Wildman–Crippen MR) is 76.8 cm³/mol. The van der Waals surface area contributed by atoms with E-state index in [1.54, 1.807) is 0 Å². The van der Waals surface area contributed by atoms with Crippen LogP contribution in [0.5, 0.6) is 0 Å². The van der Waals surface area contributed by atoms with Crippen molar-refractivity contribution < 1.29 is 4.74 Å². The first-order valence-electron chi connectivity index (χ1n) is 6.18. The van der Waals surface area contributed by atoms with Crippen molar-refractivity contribution in [3.05, 3.63) is 20.8 Å². The second-order valence-electron chi connectivity index (χ2n) is 4.89. The van der Waals surface area contributed by atoms with E-state index in [2.05, 4.69) is 39.6 Å². The standard InChI is InChI=1S/C13H20BrNOS/c1-13(5-3-4-6-16-13)12(15-2)8-11-7-10(14)9-17-11/h7,9,12,15H,3-6,8H2,1-2H3. The van der Waals surface area contributed by atoms with Gasteiger partial charge in [-0.15, -0.1) is 11.3 Å². The number of likely N-dealkylation sites (N-methyl/N-ethyl adjacent to an activating group) is 1. The van der Waals surface area contributed by atoms with Crippen molar-refractivity contribution >= 4 is 27.3 Å². The molecule has 1 aliphatic heterocycles. The van der Waals surface area contributed by atoms with E-state index in [0.717, 1.165) is 19.4 Å². The van der Waals surface area contributed by atoms with E-state index in [1.165, 1.54) is 22.2 Å². The fourth-order valence-electron chi connectivity index (χ4n) is 2.52. The second-order valence-corrected chi connectivity index (χ2v) is 6.81. The van der Waals surface area contributed by atoms with Crippen molar-refractivity contribution in [1.29, 1.82) is 0 Å². The molecule has 1 N–H and O–H groups in total. The number of nitrogens with one attached hydrogen (secondary N) is 1. The van der Waals surface area contributed by atoms with Crippen molar-refractivity contribution in [1.82, 2.24) is 5.32 Å². The average Bonchev–Trinajstić information content (AvgIpc) is 2.72. The molecule has 1 aliphatic rings. The number of thiophene rings is 1. The van der Waals surface area contributed by atoms with Gasteiger partial charge in [0.05, 0.1) is 5.60 Å². The van der Waals surface area contributed by atoms with Crippen LogP contribution in [0.3, 0.4) is 0 Å². The lowest BCUT2D eigenvalue weighted by Crippen LogP contribution is -2.52. The zero-order valence-electron chi connectivity index (χ0n) is 10.5. The molecule has 1 aromatic heterocycles. The largest absolute Gasteiger partial charge is 0.374 e. The van der Waals surface area contributed by atoms with E-state index in [1.807, 2.05) is 18.4 Å². The molecule has 0 saturated carbocycles. The summed E-state index contributed by atoms with van der Waals surface area (Å²) in [6.45, 7) is 3.15. The fourth-order valence-corrected chi connectivity index (χ4v) is 4.01. The van der Waals surface area contributed by atoms with Crippen molar-refractivity contribution in [2.75, 3.05) is 13.7 Å². The number of ether oxygens (including phenoxy) is 1. The van der Waals surface area contributed by atoms with E-state index < -0.39 is 0 Å². The SMILES string of the molecule is CNC(Cc1cc(Br)cs1)C1(C)CCCCO1. The van der Waals surface area contributed by atoms with E-state index >= 15 is 0 Å². The molecule has 2 heterocycles. The zero-order valence-corrected chi connectivity index (χ0v) is 12.9. The van der Waals surface area contributed by atoms with Crippen LogP contribution >= 0.6 is 27.3 Å². The number of hydrogen-bond acceptors (Lipinski definition) is 3. The lowest BCUT2D eigenvalue weighted by molar-refractivity contribution is -0.0869. The van der Waals surface area contributed by atoms with Crippen LogP contribution in [0.25, 0.3) is 0 Å². The van der Waals surface area contributed by atoms with Gasteiger partial charge in [-0.1, -0.05) is 0 Å². The van der Waals surface area contributed by atoms with Gasteiger partial charge in [-0.2, -0.15) is 0 Å². The van der Waals surface area contributed by atoms with Crippen LogP contribution in [-0.4, -0.2) is 25.3 Å². The maximum absolute atomic E-state index is 6.03. The van der Waals surface area contributed by atoms with Gasteiger partial charge in [-0.05, 0) is 61.7 Å². The van der Waals surface area contributed by atoms with E-state index in [4.69, 9.17) is 4.74 Å². The maximum atomic E-state index is 6.03. The molecular weight excluding hydrogens is 298 g/mol. The second kappa shape index (κ2) is 5.83. The van der Waals surface area contributed by atoms with Gasteiger partial charge in [0, 0.05) is 27.4 Å². The van der Waals surface area contributed by atoms with Gasteiger partial charge in [0.15, 0.2) is 0 Å². The third-order valence-electron chi connectivity index (χ3n) is 3.61.